The SMILES string of the molecule is COc1cccc(C2/C(=C(/O)c3ccc(C)cc3)C(=O)C(=O)N2c2ccc(NC(C)=O)cc2)c1. The Balaban J connectivity index is 1.88. The van der Waals surface area contributed by atoms with Crippen molar-refractivity contribution in [3.8, 4) is 5.75 Å². The van der Waals surface area contributed by atoms with Crippen molar-refractivity contribution in [1.29, 1.82) is 0 Å². The molecule has 7 nitrogen and oxygen atoms in total. The number of hydrogen-bond donors (Lipinski definition) is 2. The maximum absolute atomic E-state index is 13.2. The lowest BCUT2D eigenvalue weighted by Gasteiger charge is -2.26. The van der Waals surface area contributed by atoms with Gasteiger partial charge in [0.1, 0.15) is 11.5 Å². The van der Waals surface area contributed by atoms with E-state index in [0.717, 1.165) is 5.56 Å². The first-order chi connectivity index (χ1) is 16.3. The summed E-state index contributed by atoms with van der Waals surface area (Å²) in [5, 5.41) is 13.8. The smallest absolute Gasteiger partial charge is 0.300 e. The summed E-state index contributed by atoms with van der Waals surface area (Å²) < 4.78 is 5.35. The fourth-order valence-electron chi connectivity index (χ4n) is 4.00. The van der Waals surface area contributed by atoms with E-state index in [1.54, 1.807) is 60.7 Å². The summed E-state index contributed by atoms with van der Waals surface area (Å²) in [5.74, 6) is -1.45. The molecular weight excluding hydrogens is 432 g/mol. The molecule has 1 aliphatic rings. The molecule has 1 aliphatic heterocycles. The molecule has 7 heteroatoms. The fraction of sp³-hybridized carbons (Fsp3) is 0.148. The molecule has 2 N–H and O–H groups in total. The number of hydrogen-bond acceptors (Lipinski definition) is 5. The first-order valence-electron chi connectivity index (χ1n) is 10.7. The zero-order valence-corrected chi connectivity index (χ0v) is 19.0. The predicted molar refractivity (Wildman–Crippen MR) is 130 cm³/mol. The third-order valence-electron chi connectivity index (χ3n) is 5.64. The van der Waals surface area contributed by atoms with Crippen LogP contribution in [0.5, 0.6) is 5.75 Å². The fourth-order valence-corrected chi connectivity index (χ4v) is 4.00. The molecule has 0 radical (unpaired) electrons. The number of carbonyl (C=O) groups is 3. The van der Waals surface area contributed by atoms with E-state index in [0.29, 0.717) is 28.3 Å². The van der Waals surface area contributed by atoms with Crippen LogP contribution < -0.4 is 15.0 Å². The number of carbonyl (C=O) groups excluding carboxylic acids is 3. The van der Waals surface area contributed by atoms with Gasteiger partial charge >= 0.3 is 0 Å². The van der Waals surface area contributed by atoms with Crippen LogP contribution in [0.4, 0.5) is 11.4 Å². The van der Waals surface area contributed by atoms with Gasteiger partial charge in [-0.3, -0.25) is 19.3 Å². The number of nitrogens with zero attached hydrogens (tertiary/aromatic N) is 1. The topological polar surface area (TPSA) is 95.9 Å². The molecule has 4 rings (SSSR count). The number of ether oxygens (including phenoxy) is 1. The van der Waals surface area contributed by atoms with Crippen LogP contribution in [0.1, 0.15) is 29.7 Å². The average molecular weight is 456 g/mol. The number of aryl methyl sites for hydroxylation is 1. The van der Waals surface area contributed by atoms with Gasteiger partial charge in [-0.25, -0.2) is 0 Å². The van der Waals surface area contributed by atoms with Crippen molar-refractivity contribution in [2.24, 2.45) is 0 Å². The molecule has 2 amide bonds. The van der Waals surface area contributed by atoms with Gasteiger partial charge in [0.25, 0.3) is 11.7 Å². The first-order valence-corrected chi connectivity index (χ1v) is 10.7. The van der Waals surface area contributed by atoms with E-state index < -0.39 is 17.7 Å². The van der Waals surface area contributed by atoms with E-state index in [1.165, 1.54) is 18.9 Å². The van der Waals surface area contributed by atoms with Crippen LogP contribution in [0.25, 0.3) is 5.76 Å². The molecule has 0 bridgehead atoms. The van der Waals surface area contributed by atoms with Crippen LogP contribution in [-0.4, -0.2) is 29.8 Å². The minimum Gasteiger partial charge on any atom is -0.507 e. The quantitative estimate of drug-likeness (QED) is 0.333. The van der Waals surface area contributed by atoms with Crippen molar-refractivity contribution in [2.45, 2.75) is 19.9 Å². The number of amides is 2. The molecule has 172 valence electrons. The highest BCUT2D eigenvalue weighted by Crippen LogP contribution is 2.43. The molecule has 1 unspecified atom stereocenters. The Kier molecular flexibility index (Phi) is 6.19. The minimum atomic E-state index is -0.872. The molecule has 1 fully saturated rings. The van der Waals surface area contributed by atoms with E-state index in [9.17, 15) is 19.5 Å². The van der Waals surface area contributed by atoms with Crippen molar-refractivity contribution in [3.05, 3.63) is 95.1 Å². The number of nitrogens with one attached hydrogen (secondary N) is 1. The van der Waals surface area contributed by atoms with Crippen molar-refractivity contribution in [3.63, 3.8) is 0 Å². The van der Waals surface area contributed by atoms with Gasteiger partial charge in [-0.1, -0.05) is 42.0 Å². The second-order valence-corrected chi connectivity index (χ2v) is 8.04. The Morgan fingerprint density at radius 3 is 2.29 bits per heavy atom. The van der Waals surface area contributed by atoms with Gasteiger partial charge in [0, 0.05) is 23.9 Å². The third kappa shape index (κ3) is 4.28. The highest BCUT2D eigenvalue weighted by atomic mass is 16.5. The van der Waals surface area contributed by atoms with Crippen LogP contribution in [0.15, 0.2) is 78.4 Å². The Labute approximate surface area is 197 Å². The van der Waals surface area contributed by atoms with Crippen molar-refractivity contribution < 1.29 is 24.2 Å². The lowest BCUT2D eigenvalue weighted by Crippen LogP contribution is -2.29. The van der Waals surface area contributed by atoms with Gasteiger partial charge in [-0.05, 0) is 48.9 Å². The summed E-state index contributed by atoms with van der Waals surface area (Å²) in [7, 11) is 1.53. The molecule has 0 saturated carbocycles. The number of benzene rings is 3. The van der Waals surface area contributed by atoms with Gasteiger partial charge in [0.2, 0.25) is 5.91 Å². The Hall–Kier alpha value is -4.39. The zero-order valence-electron chi connectivity index (χ0n) is 19.0. The van der Waals surface area contributed by atoms with Gasteiger partial charge in [-0.2, -0.15) is 0 Å². The van der Waals surface area contributed by atoms with Crippen molar-refractivity contribution in [1.82, 2.24) is 0 Å². The van der Waals surface area contributed by atoms with E-state index in [4.69, 9.17) is 4.74 Å². The highest BCUT2D eigenvalue weighted by molar-refractivity contribution is 6.51. The van der Waals surface area contributed by atoms with E-state index >= 15 is 0 Å². The summed E-state index contributed by atoms with van der Waals surface area (Å²) in [4.78, 5) is 39.2. The Morgan fingerprint density at radius 1 is 1.00 bits per heavy atom. The monoisotopic (exact) mass is 456 g/mol. The highest BCUT2D eigenvalue weighted by Gasteiger charge is 2.47. The van der Waals surface area contributed by atoms with Crippen molar-refractivity contribution in [2.75, 3.05) is 17.3 Å². The summed E-state index contributed by atoms with van der Waals surface area (Å²) in [5.41, 5.74) is 3.06. The maximum atomic E-state index is 13.2. The number of anilines is 2. The van der Waals surface area contributed by atoms with Crippen LogP contribution in [0.3, 0.4) is 0 Å². The van der Waals surface area contributed by atoms with Gasteiger partial charge in [0.05, 0.1) is 18.7 Å². The second kappa shape index (κ2) is 9.23. The van der Waals surface area contributed by atoms with E-state index in [-0.39, 0.29) is 17.2 Å². The summed E-state index contributed by atoms with van der Waals surface area (Å²) >= 11 is 0. The zero-order chi connectivity index (χ0) is 24.4. The molecule has 1 saturated heterocycles. The Bertz CT molecular complexity index is 1290. The Morgan fingerprint density at radius 2 is 1.68 bits per heavy atom. The van der Waals surface area contributed by atoms with Crippen LogP contribution in [0.2, 0.25) is 0 Å². The molecule has 1 atom stereocenters. The molecule has 1 heterocycles. The molecular formula is C27H24N2O5. The average Bonchev–Trinajstić information content (AvgIpc) is 3.10. The van der Waals surface area contributed by atoms with Crippen molar-refractivity contribution >= 4 is 34.7 Å². The summed E-state index contributed by atoms with van der Waals surface area (Å²) in [6, 6.07) is 19.8. The standard InChI is InChI=1S/C27H24N2O5/c1-16-7-9-18(10-8-16)25(31)23-24(19-5-4-6-22(15-19)34-3)29(27(33)26(23)32)21-13-11-20(12-14-21)28-17(2)30/h4-15,24,31H,1-3H3,(H,28,30)/b25-23-. The van der Waals surface area contributed by atoms with E-state index in [2.05, 4.69) is 5.32 Å². The second-order valence-electron chi connectivity index (χ2n) is 8.04. The van der Waals surface area contributed by atoms with Gasteiger partial charge in [0.15, 0.2) is 0 Å². The molecule has 0 aliphatic carbocycles. The van der Waals surface area contributed by atoms with Gasteiger partial charge < -0.3 is 15.2 Å². The largest absolute Gasteiger partial charge is 0.507 e. The number of methoxy groups -OCH3 is 1. The predicted octanol–water partition coefficient (Wildman–Crippen LogP) is 4.59. The number of aliphatic hydroxyl groups excluding tert-OH is 1. The normalized spacial score (nSPS) is 17.0. The van der Waals surface area contributed by atoms with Crippen LogP contribution in [0, 0.1) is 6.92 Å². The minimum absolute atomic E-state index is 0.00644. The van der Waals surface area contributed by atoms with E-state index in [1.807, 2.05) is 19.1 Å². The lowest BCUT2D eigenvalue weighted by molar-refractivity contribution is -0.132. The lowest BCUT2D eigenvalue weighted by atomic mass is 9.94. The van der Waals surface area contributed by atoms with Gasteiger partial charge in [-0.15, -0.1) is 0 Å². The molecule has 3 aromatic carbocycles. The maximum Gasteiger partial charge on any atom is 0.300 e. The molecule has 0 spiro atoms. The number of aliphatic hydroxyl groups is 1. The third-order valence-corrected chi connectivity index (χ3v) is 5.64. The molecule has 34 heavy (non-hydrogen) atoms. The molecule has 0 aromatic heterocycles. The number of ketones is 1. The summed E-state index contributed by atoms with van der Waals surface area (Å²) in [6.45, 7) is 3.32. The summed E-state index contributed by atoms with van der Waals surface area (Å²) in [6.07, 6.45) is 0. The first kappa shape index (κ1) is 22.8. The van der Waals surface area contributed by atoms with Crippen LogP contribution >= 0.6 is 0 Å². The molecule has 3 aromatic rings. The number of rotatable bonds is 5. The number of Topliss-reactive ketones (excluding diaryl/α,β-unsaturated/α-hetero) is 1. The van der Waals surface area contributed by atoms with Crippen LogP contribution in [-0.2, 0) is 14.4 Å².